The van der Waals surface area contributed by atoms with Crippen LogP contribution in [0.25, 0.3) is 0 Å². The highest BCUT2D eigenvalue weighted by molar-refractivity contribution is 6.04. The minimum Gasteiger partial charge on any atom is -0.339 e. The van der Waals surface area contributed by atoms with Crippen molar-refractivity contribution in [2.24, 2.45) is 0 Å². The summed E-state index contributed by atoms with van der Waals surface area (Å²) in [5.41, 5.74) is 0. The van der Waals surface area contributed by atoms with Gasteiger partial charge in [-0.3, -0.25) is 20.3 Å². The monoisotopic (exact) mass is 183 g/mol. The van der Waals surface area contributed by atoms with Gasteiger partial charge in [-0.15, -0.1) is 0 Å². The van der Waals surface area contributed by atoms with Crippen LogP contribution in [0.2, 0.25) is 0 Å². The maximum Gasteiger partial charge on any atom is 0.249 e. The van der Waals surface area contributed by atoms with E-state index in [1.807, 2.05) is 6.92 Å². The average Bonchev–Trinajstić information content (AvgIpc) is 2.10. The van der Waals surface area contributed by atoms with E-state index >= 15 is 0 Å². The van der Waals surface area contributed by atoms with Gasteiger partial charge in [0.2, 0.25) is 11.8 Å². The topological polar surface area (TPSA) is 73.3 Å². The summed E-state index contributed by atoms with van der Waals surface area (Å²) in [4.78, 5) is 23.7. The lowest BCUT2D eigenvalue weighted by atomic mass is 10.2. The molecular formula is C8H13N3O2. The fourth-order valence-electron chi connectivity index (χ4n) is 1.25. The third kappa shape index (κ3) is 1.85. The number of nitrogens with one attached hydrogen (secondary N) is 2. The Balaban J connectivity index is 2.77. The first-order valence-electron chi connectivity index (χ1n) is 4.24. The minimum absolute atomic E-state index is 0.111. The number of amidine groups is 1. The molecule has 1 aliphatic rings. The number of hydrogen-bond donors (Lipinski definition) is 2. The molecule has 1 heterocycles. The first-order valence-corrected chi connectivity index (χ1v) is 4.24. The highest BCUT2D eigenvalue weighted by Crippen LogP contribution is 2.06. The van der Waals surface area contributed by atoms with Crippen molar-refractivity contribution >= 4 is 17.6 Å². The number of nitrogens with zero attached hydrogens (tertiary/aromatic N) is 1. The Morgan fingerprint density at radius 3 is 2.85 bits per heavy atom. The van der Waals surface area contributed by atoms with Crippen LogP contribution in [0, 0.1) is 5.41 Å². The highest BCUT2D eigenvalue weighted by atomic mass is 16.2. The Bertz CT molecular complexity index is 262. The average molecular weight is 183 g/mol. The van der Waals surface area contributed by atoms with Crippen LogP contribution in [0.3, 0.4) is 0 Å². The van der Waals surface area contributed by atoms with Gasteiger partial charge in [0.1, 0.15) is 6.04 Å². The molecule has 1 unspecified atom stereocenters. The molecule has 1 atom stereocenters. The van der Waals surface area contributed by atoms with Crippen molar-refractivity contribution in [2.75, 3.05) is 6.54 Å². The van der Waals surface area contributed by atoms with Crippen LogP contribution in [0.1, 0.15) is 20.3 Å². The second kappa shape index (κ2) is 3.55. The molecule has 5 heteroatoms. The third-order valence-corrected chi connectivity index (χ3v) is 2.11. The van der Waals surface area contributed by atoms with Crippen LogP contribution in [0.5, 0.6) is 0 Å². The SMILES string of the molecule is CCC(=N)N1CC(=O)NC(=O)C1C. The molecule has 0 aliphatic carbocycles. The van der Waals surface area contributed by atoms with Gasteiger partial charge in [-0.25, -0.2) is 0 Å². The lowest BCUT2D eigenvalue weighted by molar-refractivity contribution is -0.137. The lowest BCUT2D eigenvalue weighted by Crippen LogP contribution is -2.58. The van der Waals surface area contributed by atoms with E-state index in [1.54, 1.807) is 6.92 Å². The summed E-state index contributed by atoms with van der Waals surface area (Å²) in [6, 6.07) is -0.412. The predicted octanol–water partition coefficient (Wildman–Crippen LogP) is -0.279. The second-order valence-corrected chi connectivity index (χ2v) is 3.02. The number of piperazine rings is 1. The molecule has 72 valence electrons. The molecule has 1 fully saturated rings. The molecule has 0 aromatic heterocycles. The molecule has 13 heavy (non-hydrogen) atoms. The Hall–Kier alpha value is -1.39. The van der Waals surface area contributed by atoms with Crippen molar-refractivity contribution in [3.8, 4) is 0 Å². The fourth-order valence-corrected chi connectivity index (χ4v) is 1.25. The van der Waals surface area contributed by atoms with E-state index in [0.717, 1.165) is 0 Å². The van der Waals surface area contributed by atoms with Gasteiger partial charge in [0, 0.05) is 6.42 Å². The first kappa shape index (κ1) is 9.70. The van der Waals surface area contributed by atoms with Gasteiger partial charge in [-0.1, -0.05) is 6.92 Å². The van der Waals surface area contributed by atoms with Crippen molar-refractivity contribution in [1.82, 2.24) is 10.2 Å². The van der Waals surface area contributed by atoms with E-state index in [-0.39, 0.29) is 18.4 Å². The molecular weight excluding hydrogens is 170 g/mol. The van der Waals surface area contributed by atoms with Crippen molar-refractivity contribution in [1.29, 1.82) is 5.41 Å². The number of hydrogen-bond acceptors (Lipinski definition) is 3. The number of imide groups is 1. The molecule has 5 nitrogen and oxygen atoms in total. The van der Waals surface area contributed by atoms with Crippen LogP contribution in [0.4, 0.5) is 0 Å². The zero-order chi connectivity index (χ0) is 10.0. The maximum atomic E-state index is 11.2. The molecule has 2 N–H and O–H groups in total. The molecule has 0 bridgehead atoms. The van der Waals surface area contributed by atoms with E-state index < -0.39 is 6.04 Å². The minimum atomic E-state index is -0.412. The van der Waals surface area contributed by atoms with Gasteiger partial charge in [0.25, 0.3) is 0 Å². The van der Waals surface area contributed by atoms with Crippen molar-refractivity contribution < 1.29 is 9.59 Å². The summed E-state index contributed by atoms with van der Waals surface area (Å²) >= 11 is 0. The second-order valence-electron chi connectivity index (χ2n) is 3.02. The summed E-state index contributed by atoms with van der Waals surface area (Å²) in [5, 5.41) is 9.76. The highest BCUT2D eigenvalue weighted by Gasteiger charge is 2.30. The van der Waals surface area contributed by atoms with E-state index in [0.29, 0.717) is 12.3 Å². The maximum absolute atomic E-state index is 11.2. The van der Waals surface area contributed by atoms with Crippen LogP contribution in [0.15, 0.2) is 0 Å². The molecule has 0 aromatic carbocycles. The summed E-state index contributed by atoms with van der Waals surface area (Å²) in [6.45, 7) is 3.62. The smallest absolute Gasteiger partial charge is 0.249 e. The van der Waals surface area contributed by atoms with E-state index in [1.165, 1.54) is 4.90 Å². The summed E-state index contributed by atoms with van der Waals surface area (Å²) < 4.78 is 0. The summed E-state index contributed by atoms with van der Waals surface area (Å²) in [6.07, 6.45) is 0.533. The molecule has 1 aliphatic heterocycles. The van der Waals surface area contributed by atoms with E-state index in [2.05, 4.69) is 5.32 Å². The zero-order valence-corrected chi connectivity index (χ0v) is 7.76. The predicted molar refractivity (Wildman–Crippen MR) is 47.3 cm³/mol. The summed E-state index contributed by atoms with van der Waals surface area (Å²) in [5.74, 6) is -0.327. The molecule has 1 rings (SSSR count). The lowest BCUT2D eigenvalue weighted by Gasteiger charge is -2.33. The van der Waals surface area contributed by atoms with Crippen LogP contribution >= 0.6 is 0 Å². The van der Waals surface area contributed by atoms with Crippen molar-refractivity contribution in [3.63, 3.8) is 0 Å². The number of amides is 2. The van der Waals surface area contributed by atoms with Crippen LogP contribution < -0.4 is 5.32 Å². The van der Waals surface area contributed by atoms with E-state index in [9.17, 15) is 9.59 Å². The zero-order valence-electron chi connectivity index (χ0n) is 7.76. The largest absolute Gasteiger partial charge is 0.339 e. The van der Waals surface area contributed by atoms with Crippen molar-refractivity contribution in [2.45, 2.75) is 26.3 Å². The molecule has 0 spiro atoms. The number of carbonyl (C=O) groups excluding carboxylic acids is 2. The van der Waals surface area contributed by atoms with Gasteiger partial charge < -0.3 is 4.90 Å². The Morgan fingerprint density at radius 1 is 1.69 bits per heavy atom. The number of rotatable bonds is 1. The van der Waals surface area contributed by atoms with Crippen molar-refractivity contribution in [3.05, 3.63) is 0 Å². The molecule has 0 radical (unpaired) electrons. The van der Waals surface area contributed by atoms with Crippen LogP contribution in [-0.2, 0) is 9.59 Å². The molecule has 0 aromatic rings. The summed E-state index contributed by atoms with van der Waals surface area (Å²) in [7, 11) is 0. The Kier molecular flexibility index (Phi) is 2.65. The van der Waals surface area contributed by atoms with E-state index in [4.69, 9.17) is 5.41 Å². The van der Waals surface area contributed by atoms with Gasteiger partial charge >= 0.3 is 0 Å². The van der Waals surface area contributed by atoms with Crippen LogP contribution in [-0.4, -0.2) is 35.1 Å². The van der Waals surface area contributed by atoms with Gasteiger partial charge in [-0.05, 0) is 6.92 Å². The molecule has 0 saturated carbocycles. The van der Waals surface area contributed by atoms with Gasteiger partial charge in [0.05, 0.1) is 12.4 Å². The quantitative estimate of drug-likeness (QED) is 0.333. The van der Waals surface area contributed by atoms with Gasteiger partial charge in [-0.2, -0.15) is 0 Å². The first-order chi connectivity index (χ1) is 6.06. The molecule has 1 saturated heterocycles. The molecule has 2 amide bonds. The normalized spacial score (nSPS) is 22.9. The Labute approximate surface area is 76.6 Å². The standard InChI is InChI=1S/C8H13N3O2/c1-3-6(9)11-4-7(12)10-8(13)5(11)2/h5,9H,3-4H2,1-2H3,(H,10,12,13). The fraction of sp³-hybridized carbons (Fsp3) is 0.625. The third-order valence-electron chi connectivity index (χ3n) is 2.11. The Morgan fingerprint density at radius 2 is 2.31 bits per heavy atom. The number of carbonyl (C=O) groups is 2. The van der Waals surface area contributed by atoms with Gasteiger partial charge in [0.15, 0.2) is 0 Å².